The summed E-state index contributed by atoms with van der Waals surface area (Å²) in [5.74, 6) is -1.03. The molecule has 1 fully saturated rings. The molecule has 2 unspecified atom stereocenters. The monoisotopic (exact) mass is 452 g/mol. The Balaban J connectivity index is 1.60. The van der Waals surface area contributed by atoms with Gasteiger partial charge in [-0.1, -0.05) is 54.7 Å². The van der Waals surface area contributed by atoms with Gasteiger partial charge in [0.2, 0.25) is 0 Å². The number of para-hydroxylation sites is 1. The average molecular weight is 453 g/mol. The molecule has 31 heavy (non-hydrogen) atoms. The summed E-state index contributed by atoms with van der Waals surface area (Å²) in [5, 5.41) is 9.08. The summed E-state index contributed by atoms with van der Waals surface area (Å²) in [6, 6.07) is 17.3. The second-order valence-corrected chi connectivity index (χ2v) is 9.19. The highest BCUT2D eigenvalue weighted by Gasteiger charge is 2.41. The number of aliphatic carboxylic acids is 1. The van der Waals surface area contributed by atoms with Crippen LogP contribution in [0.15, 0.2) is 54.6 Å². The average Bonchev–Trinajstić information content (AvgIpc) is 3.36. The molecule has 1 aliphatic heterocycles. The fourth-order valence-electron chi connectivity index (χ4n) is 4.64. The molecule has 1 saturated carbocycles. The number of nitrogens with zero attached hydrogens (tertiary/aromatic N) is 2. The molecule has 1 N–H and O–H groups in total. The minimum atomic E-state index is -1.09. The SMILES string of the molecule is CSC(=S)N(CC(=O)O)C(=O)/C=C/c1ccc2c(c1)C1CCCC1N2c1ccccc1. The Morgan fingerprint density at radius 3 is 2.71 bits per heavy atom. The number of benzene rings is 2. The lowest BCUT2D eigenvalue weighted by Gasteiger charge is -2.27. The number of carbonyl (C=O) groups is 2. The van der Waals surface area contributed by atoms with Crippen molar-refractivity contribution in [2.24, 2.45) is 0 Å². The summed E-state index contributed by atoms with van der Waals surface area (Å²) in [6.45, 7) is -0.442. The lowest BCUT2D eigenvalue weighted by molar-refractivity contribution is -0.140. The quantitative estimate of drug-likeness (QED) is 0.506. The van der Waals surface area contributed by atoms with E-state index in [4.69, 9.17) is 17.3 Å². The van der Waals surface area contributed by atoms with E-state index in [1.165, 1.54) is 54.0 Å². The maximum atomic E-state index is 12.6. The molecule has 0 spiro atoms. The number of hydrogen-bond acceptors (Lipinski definition) is 5. The van der Waals surface area contributed by atoms with Gasteiger partial charge >= 0.3 is 5.97 Å². The van der Waals surface area contributed by atoms with Gasteiger partial charge in [-0.15, -0.1) is 0 Å². The number of thioether (sulfide) groups is 1. The zero-order valence-corrected chi connectivity index (χ0v) is 18.9. The van der Waals surface area contributed by atoms with E-state index in [0.717, 1.165) is 10.5 Å². The van der Waals surface area contributed by atoms with Gasteiger partial charge in [0.05, 0.1) is 0 Å². The first-order valence-electron chi connectivity index (χ1n) is 10.3. The van der Waals surface area contributed by atoms with Gasteiger partial charge in [0.1, 0.15) is 10.9 Å². The van der Waals surface area contributed by atoms with E-state index in [1.54, 1.807) is 12.3 Å². The van der Waals surface area contributed by atoms with Gasteiger partial charge in [0.15, 0.2) is 0 Å². The molecular formula is C24H24N2O3S2. The van der Waals surface area contributed by atoms with E-state index in [2.05, 4.69) is 41.3 Å². The lowest BCUT2D eigenvalue weighted by atomic mass is 9.96. The molecule has 0 radical (unpaired) electrons. The van der Waals surface area contributed by atoms with Gasteiger partial charge in [-0.2, -0.15) is 0 Å². The van der Waals surface area contributed by atoms with Crippen molar-refractivity contribution in [2.45, 2.75) is 31.2 Å². The molecule has 7 heteroatoms. The fraction of sp³-hybridized carbons (Fsp3) is 0.292. The van der Waals surface area contributed by atoms with Gasteiger partial charge in [0.25, 0.3) is 5.91 Å². The maximum Gasteiger partial charge on any atom is 0.323 e. The Labute approximate surface area is 191 Å². The molecule has 5 nitrogen and oxygen atoms in total. The summed E-state index contributed by atoms with van der Waals surface area (Å²) in [7, 11) is 0. The van der Waals surface area contributed by atoms with Crippen LogP contribution in [0.4, 0.5) is 11.4 Å². The molecule has 2 aliphatic rings. The molecule has 1 aliphatic carbocycles. The highest BCUT2D eigenvalue weighted by Crippen LogP contribution is 2.52. The molecule has 2 aromatic carbocycles. The topological polar surface area (TPSA) is 60.9 Å². The van der Waals surface area contributed by atoms with Crippen molar-refractivity contribution in [2.75, 3.05) is 17.7 Å². The summed E-state index contributed by atoms with van der Waals surface area (Å²) in [5.41, 5.74) is 4.70. The van der Waals surface area contributed by atoms with E-state index < -0.39 is 18.4 Å². The molecule has 0 aromatic heterocycles. The van der Waals surface area contributed by atoms with E-state index in [0.29, 0.717) is 12.0 Å². The van der Waals surface area contributed by atoms with Crippen molar-refractivity contribution < 1.29 is 14.7 Å². The first-order valence-corrected chi connectivity index (χ1v) is 11.9. The Morgan fingerprint density at radius 1 is 1.23 bits per heavy atom. The zero-order chi connectivity index (χ0) is 22.0. The number of amides is 1. The van der Waals surface area contributed by atoms with Crippen molar-refractivity contribution in [3.05, 3.63) is 65.7 Å². The van der Waals surface area contributed by atoms with Gasteiger partial charge in [0, 0.05) is 29.4 Å². The van der Waals surface area contributed by atoms with Gasteiger partial charge in [-0.3, -0.25) is 14.5 Å². The fourth-order valence-corrected chi connectivity index (χ4v) is 5.17. The third-order valence-corrected chi connectivity index (χ3v) is 7.22. The minimum absolute atomic E-state index is 0.248. The third-order valence-electron chi connectivity index (χ3n) is 5.93. The zero-order valence-electron chi connectivity index (χ0n) is 17.2. The standard InChI is InChI=1S/C24H24N2O3S2/c1-31-24(30)25(15-23(28)29)22(27)13-11-16-10-12-21-19(14-16)18-8-5-9-20(18)26(21)17-6-3-2-4-7-17/h2-4,6-7,10-14,18,20H,5,8-9,15H2,1H3,(H,28,29)/b13-11+. The Bertz CT molecular complexity index is 1040. The predicted octanol–water partition coefficient (Wildman–Crippen LogP) is 5.05. The van der Waals surface area contributed by atoms with Crippen LogP contribution < -0.4 is 4.90 Å². The van der Waals surface area contributed by atoms with Gasteiger partial charge in [-0.05, 0) is 60.6 Å². The highest BCUT2D eigenvalue weighted by atomic mass is 32.2. The Hall–Kier alpha value is -2.64. The van der Waals surface area contributed by atoms with Crippen LogP contribution in [0.5, 0.6) is 0 Å². The molecule has 0 saturated heterocycles. The molecule has 1 amide bonds. The molecule has 4 rings (SSSR count). The van der Waals surface area contributed by atoms with Crippen molar-refractivity contribution in [3.8, 4) is 0 Å². The number of anilines is 2. The van der Waals surface area contributed by atoms with Crippen LogP contribution in [0.3, 0.4) is 0 Å². The number of carboxylic acid groups (broad SMARTS) is 1. The molecule has 160 valence electrons. The Kier molecular flexibility index (Phi) is 6.43. The molecule has 1 heterocycles. The molecule has 2 aromatic rings. The van der Waals surface area contributed by atoms with Crippen LogP contribution in [0.2, 0.25) is 0 Å². The first kappa shape index (κ1) is 21.6. The highest BCUT2D eigenvalue weighted by molar-refractivity contribution is 8.22. The number of fused-ring (bicyclic) bond motifs is 3. The second kappa shape index (κ2) is 9.24. The van der Waals surface area contributed by atoms with Crippen molar-refractivity contribution in [1.29, 1.82) is 0 Å². The summed E-state index contributed by atoms with van der Waals surface area (Å²) >= 11 is 6.33. The lowest BCUT2D eigenvalue weighted by Crippen LogP contribution is -2.37. The normalized spacial score (nSPS) is 19.3. The number of thiocarbonyl (C=S) groups is 1. The number of carboxylic acids is 1. The minimum Gasteiger partial charge on any atom is -0.480 e. The maximum absolute atomic E-state index is 12.6. The van der Waals surface area contributed by atoms with Crippen LogP contribution in [0, 0.1) is 0 Å². The summed E-state index contributed by atoms with van der Waals surface area (Å²) in [6.07, 6.45) is 8.44. The third kappa shape index (κ3) is 4.38. The summed E-state index contributed by atoms with van der Waals surface area (Å²) < 4.78 is 0.248. The van der Waals surface area contributed by atoms with Crippen molar-refractivity contribution in [3.63, 3.8) is 0 Å². The van der Waals surface area contributed by atoms with Crippen molar-refractivity contribution in [1.82, 2.24) is 4.90 Å². The largest absolute Gasteiger partial charge is 0.480 e. The van der Waals surface area contributed by atoms with Crippen LogP contribution in [0.25, 0.3) is 6.08 Å². The smallest absolute Gasteiger partial charge is 0.323 e. The summed E-state index contributed by atoms with van der Waals surface area (Å²) in [4.78, 5) is 27.2. The first-order chi connectivity index (χ1) is 15.0. The van der Waals surface area contributed by atoms with Crippen LogP contribution in [-0.4, -0.2) is 45.0 Å². The molecule has 0 bridgehead atoms. The second-order valence-electron chi connectivity index (χ2n) is 7.75. The van der Waals surface area contributed by atoms with E-state index in [1.807, 2.05) is 12.1 Å². The van der Waals surface area contributed by atoms with E-state index in [-0.39, 0.29) is 4.32 Å². The van der Waals surface area contributed by atoms with E-state index in [9.17, 15) is 9.59 Å². The predicted molar refractivity (Wildman–Crippen MR) is 130 cm³/mol. The molecular weight excluding hydrogens is 428 g/mol. The number of hydrogen-bond donors (Lipinski definition) is 1. The van der Waals surface area contributed by atoms with Gasteiger partial charge < -0.3 is 10.0 Å². The van der Waals surface area contributed by atoms with Crippen LogP contribution >= 0.6 is 24.0 Å². The van der Waals surface area contributed by atoms with E-state index >= 15 is 0 Å². The number of rotatable bonds is 5. The van der Waals surface area contributed by atoms with Gasteiger partial charge in [-0.25, -0.2) is 0 Å². The Morgan fingerprint density at radius 2 is 2.00 bits per heavy atom. The van der Waals surface area contributed by atoms with Crippen LogP contribution in [0.1, 0.15) is 36.3 Å². The number of carbonyl (C=O) groups excluding carboxylic acids is 1. The van der Waals surface area contributed by atoms with Crippen LogP contribution in [-0.2, 0) is 9.59 Å². The van der Waals surface area contributed by atoms with Crippen molar-refractivity contribution >= 4 is 57.6 Å². The molecule has 2 atom stereocenters.